The fourth-order valence-electron chi connectivity index (χ4n) is 2.56. The molecular weight excluding hydrogens is 288 g/mol. The monoisotopic (exact) mass is 305 g/mol. The van der Waals surface area contributed by atoms with Crippen LogP contribution in [0.15, 0.2) is 12.1 Å². The molecule has 0 amide bonds. The molecule has 1 fully saturated rings. The summed E-state index contributed by atoms with van der Waals surface area (Å²) >= 11 is 11.8. The summed E-state index contributed by atoms with van der Waals surface area (Å²) in [5.41, 5.74) is 0.717. The van der Waals surface area contributed by atoms with Crippen LogP contribution in [0.25, 0.3) is 0 Å². The van der Waals surface area contributed by atoms with E-state index in [-0.39, 0.29) is 17.2 Å². The maximum absolute atomic E-state index is 13.5. The first-order valence-corrected chi connectivity index (χ1v) is 7.31. The molecule has 5 heteroatoms. The summed E-state index contributed by atoms with van der Waals surface area (Å²) in [4.78, 5) is 0. The second kappa shape index (κ2) is 6.40. The molecule has 0 bridgehead atoms. The summed E-state index contributed by atoms with van der Waals surface area (Å²) in [6.07, 6.45) is 3.31. The van der Waals surface area contributed by atoms with E-state index in [0.717, 1.165) is 31.2 Å². The van der Waals surface area contributed by atoms with Crippen molar-refractivity contribution < 1.29 is 9.50 Å². The predicted molar refractivity (Wildman–Crippen MR) is 76.2 cm³/mol. The summed E-state index contributed by atoms with van der Waals surface area (Å²) < 4.78 is 13.5. The lowest BCUT2D eigenvalue weighted by Gasteiger charge is -2.29. The number of hydrogen-bond acceptors (Lipinski definition) is 2. The predicted octanol–water partition coefficient (Wildman–Crippen LogP) is 4.09. The molecule has 0 saturated heterocycles. The molecule has 1 saturated carbocycles. The smallest absolute Gasteiger partial charge is 0.142 e. The molecule has 1 aromatic carbocycles. The second-order valence-corrected chi connectivity index (χ2v) is 6.00. The molecule has 1 aliphatic carbocycles. The molecule has 0 heterocycles. The maximum atomic E-state index is 13.5. The fraction of sp³-hybridized carbons (Fsp3) is 0.571. The van der Waals surface area contributed by atoms with Crippen molar-refractivity contribution in [3.05, 3.63) is 33.6 Å². The van der Waals surface area contributed by atoms with Crippen LogP contribution in [0.3, 0.4) is 0 Å². The van der Waals surface area contributed by atoms with Gasteiger partial charge in [0.2, 0.25) is 0 Å². The molecule has 19 heavy (non-hydrogen) atoms. The van der Waals surface area contributed by atoms with Gasteiger partial charge in [-0.25, -0.2) is 4.39 Å². The summed E-state index contributed by atoms with van der Waals surface area (Å²) in [7, 11) is 0. The van der Waals surface area contributed by atoms with Crippen molar-refractivity contribution in [2.75, 3.05) is 0 Å². The van der Waals surface area contributed by atoms with E-state index in [1.54, 1.807) is 0 Å². The fourth-order valence-corrected chi connectivity index (χ4v) is 3.10. The molecule has 1 unspecified atom stereocenters. The van der Waals surface area contributed by atoms with E-state index < -0.39 is 5.82 Å². The van der Waals surface area contributed by atoms with Gasteiger partial charge in [-0.1, -0.05) is 23.2 Å². The van der Waals surface area contributed by atoms with Gasteiger partial charge in [0, 0.05) is 17.1 Å². The molecule has 0 radical (unpaired) electrons. The molecule has 0 aromatic heterocycles. The van der Waals surface area contributed by atoms with Crippen LogP contribution in [-0.2, 0) is 0 Å². The Hall–Kier alpha value is -0.350. The van der Waals surface area contributed by atoms with Crippen molar-refractivity contribution >= 4 is 23.2 Å². The van der Waals surface area contributed by atoms with Crippen molar-refractivity contribution in [1.82, 2.24) is 5.32 Å². The van der Waals surface area contributed by atoms with Gasteiger partial charge in [0.1, 0.15) is 5.82 Å². The Kier molecular flexibility index (Phi) is 5.07. The highest BCUT2D eigenvalue weighted by atomic mass is 35.5. The van der Waals surface area contributed by atoms with Crippen molar-refractivity contribution in [2.45, 2.75) is 50.8 Å². The van der Waals surface area contributed by atoms with Crippen LogP contribution < -0.4 is 5.32 Å². The summed E-state index contributed by atoms with van der Waals surface area (Å²) in [5, 5.41) is 13.4. The maximum Gasteiger partial charge on any atom is 0.142 e. The molecule has 2 nitrogen and oxygen atoms in total. The number of nitrogens with one attached hydrogen (secondary N) is 1. The molecule has 106 valence electrons. The van der Waals surface area contributed by atoms with E-state index in [2.05, 4.69) is 5.32 Å². The van der Waals surface area contributed by atoms with Gasteiger partial charge in [-0.2, -0.15) is 0 Å². The molecule has 1 aliphatic rings. The molecule has 2 N–H and O–H groups in total. The summed E-state index contributed by atoms with van der Waals surface area (Å²) in [6, 6.07) is 3.13. The van der Waals surface area contributed by atoms with Crippen LogP contribution in [0.5, 0.6) is 0 Å². The highest BCUT2D eigenvalue weighted by molar-refractivity contribution is 6.35. The van der Waals surface area contributed by atoms with Gasteiger partial charge in [-0.3, -0.25) is 0 Å². The number of halogens is 3. The Bertz CT molecular complexity index is 447. The average Bonchev–Trinajstić information content (AvgIpc) is 2.36. The molecule has 0 aliphatic heterocycles. The Balaban J connectivity index is 2.03. The molecular formula is C14H18Cl2FNO. The van der Waals surface area contributed by atoms with Gasteiger partial charge >= 0.3 is 0 Å². The minimum atomic E-state index is -0.450. The Morgan fingerprint density at radius 1 is 1.21 bits per heavy atom. The van der Waals surface area contributed by atoms with Crippen LogP contribution >= 0.6 is 23.2 Å². The highest BCUT2D eigenvalue weighted by Crippen LogP contribution is 2.30. The van der Waals surface area contributed by atoms with Crippen molar-refractivity contribution in [3.8, 4) is 0 Å². The first-order valence-electron chi connectivity index (χ1n) is 6.56. The van der Waals surface area contributed by atoms with Crippen molar-refractivity contribution in [2.24, 2.45) is 0 Å². The average molecular weight is 306 g/mol. The van der Waals surface area contributed by atoms with Crippen LogP contribution in [0.2, 0.25) is 10.0 Å². The lowest BCUT2D eigenvalue weighted by atomic mass is 9.92. The minimum absolute atomic E-state index is 0.0421. The number of hydrogen-bond donors (Lipinski definition) is 2. The SMILES string of the molecule is CC(NC1CCC(O)CC1)c1cc(F)c(Cl)cc1Cl. The molecule has 1 aromatic rings. The zero-order valence-corrected chi connectivity index (χ0v) is 12.3. The molecule has 2 rings (SSSR count). The van der Waals surface area contributed by atoms with Gasteiger partial charge in [-0.05, 0) is 50.3 Å². The largest absolute Gasteiger partial charge is 0.393 e. The van der Waals surface area contributed by atoms with E-state index in [1.807, 2.05) is 6.92 Å². The number of aliphatic hydroxyl groups is 1. The summed E-state index contributed by atoms with van der Waals surface area (Å²) in [5.74, 6) is -0.450. The van der Waals surface area contributed by atoms with Crippen molar-refractivity contribution in [1.29, 1.82) is 0 Å². The van der Waals surface area contributed by atoms with Crippen LogP contribution in [0.4, 0.5) is 4.39 Å². The van der Waals surface area contributed by atoms with Gasteiger partial charge in [0.25, 0.3) is 0 Å². The van der Waals surface area contributed by atoms with E-state index in [1.165, 1.54) is 12.1 Å². The van der Waals surface area contributed by atoms with Gasteiger partial charge in [0.05, 0.1) is 11.1 Å². The van der Waals surface area contributed by atoms with E-state index in [0.29, 0.717) is 11.1 Å². The quantitative estimate of drug-likeness (QED) is 0.825. The summed E-state index contributed by atoms with van der Waals surface area (Å²) in [6.45, 7) is 1.96. The third-order valence-corrected chi connectivity index (χ3v) is 4.31. The zero-order valence-electron chi connectivity index (χ0n) is 10.8. The van der Waals surface area contributed by atoms with E-state index in [4.69, 9.17) is 23.2 Å². The number of benzene rings is 1. The van der Waals surface area contributed by atoms with Gasteiger partial charge < -0.3 is 10.4 Å². The molecule has 1 atom stereocenters. The lowest BCUT2D eigenvalue weighted by molar-refractivity contribution is 0.114. The second-order valence-electron chi connectivity index (χ2n) is 5.18. The Morgan fingerprint density at radius 3 is 2.47 bits per heavy atom. The number of aliphatic hydroxyl groups excluding tert-OH is 1. The standard InChI is InChI=1S/C14H18Cl2FNO/c1-8(18-9-2-4-10(19)5-3-9)11-6-14(17)13(16)7-12(11)15/h6-10,18-19H,2-5H2,1H3. The third-order valence-electron chi connectivity index (χ3n) is 3.69. The molecule has 0 spiro atoms. The topological polar surface area (TPSA) is 32.3 Å². The first kappa shape index (κ1) is 15.0. The van der Waals surface area contributed by atoms with Crippen molar-refractivity contribution in [3.63, 3.8) is 0 Å². The Labute approximate surface area is 122 Å². The minimum Gasteiger partial charge on any atom is -0.393 e. The highest BCUT2D eigenvalue weighted by Gasteiger charge is 2.22. The Morgan fingerprint density at radius 2 is 1.84 bits per heavy atom. The van der Waals surface area contributed by atoms with Gasteiger partial charge in [-0.15, -0.1) is 0 Å². The van der Waals surface area contributed by atoms with Gasteiger partial charge in [0.15, 0.2) is 0 Å². The number of rotatable bonds is 3. The first-order chi connectivity index (χ1) is 8.97. The van der Waals surface area contributed by atoms with E-state index >= 15 is 0 Å². The zero-order chi connectivity index (χ0) is 14.0. The van der Waals surface area contributed by atoms with Crippen LogP contribution in [-0.4, -0.2) is 17.3 Å². The lowest BCUT2D eigenvalue weighted by Crippen LogP contribution is -2.36. The third kappa shape index (κ3) is 3.82. The van der Waals surface area contributed by atoms with Crippen LogP contribution in [0.1, 0.15) is 44.2 Å². The normalized spacial score (nSPS) is 25.3. The van der Waals surface area contributed by atoms with Crippen LogP contribution in [0, 0.1) is 5.82 Å². The van der Waals surface area contributed by atoms with E-state index in [9.17, 15) is 9.50 Å².